The Hall–Kier alpha value is -3.41. The zero-order chi connectivity index (χ0) is 22.0. The van der Waals surface area contributed by atoms with Gasteiger partial charge in [0.15, 0.2) is 0 Å². The number of ether oxygens (including phenoxy) is 2. The predicted octanol–water partition coefficient (Wildman–Crippen LogP) is 5.83. The Morgan fingerprint density at radius 3 is 2.32 bits per heavy atom. The molecule has 0 aliphatic rings. The first-order valence-electron chi connectivity index (χ1n) is 10.1. The number of hydrogen-bond donors (Lipinski definition) is 1. The lowest BCUT2D eigenvalue weighted by atomic mass is 9.71. The summed E-state index contributed by atoms with van der Waals surface area (Å²) in [7, 11) is 1.53. The van der Waals surface area contributed by atoms with E-state index >= 15 is 0 Å². The largest absolute Gasteiger partial charge is 0.497 e. The van der Waals surface area contributed by atoms with Crippen LogP contribution in [-0.2, 0) is 14.9 Å². The molecule has 0 radical (unpaired) electrons. The van der Waals surface area contributed by atoms with Crippen LogP contribution in [0.3, 0.4) is 0 Å². The van der Waals surface area contributed by atoms with Crippen LogP contribution in [0.1, 0.15) is 24.5 Å². The van der Waals surface area contributed by atoms with Crippen LogP contribution in [0.15, 0.2) is 66.7 Å². The summed E-state index contributed by atoms with van der Waals surface area (Å²) in [5.74, 6) is -0.120. The zero-order valence-corrected chi connectivity index (χ0v) is 17.3. The molecule has 0 saturated carbocycles. The molecule has 6 heteroatoms. The Labute approximate surface area is 178 Å². The molecule has 160 valence electrons. The molecule has 1 atom stereocenters. The number of aromatic nitrogens is 1. The van der Waals surface area contributed by atoms with Gasteiger partial charge >= 0.3 is 5.97 Å². The van der Waals surface area contributed by atoms with Crippen molar-refractivity contribution in [2.45, 2.75) is 25.2 Å². The molecule has 0 saturated heterocycles. The van der Waals surface area contributed by atoms with Gasteiger partial charge in [-0.1, -0.05) is 36.4 Å². The van der Waals surface area contributed by atoms with Crippen molar-refractivity contribution in [1.29, 1.82) is 0 Å². The molecular weight excluding hydrogens is 400 g/mol. The van der Waals surface area contributed by atoms with Crippen molar-refractivity contribution in [3.63, 3.8) is 0 Å². The minimum absolute atomic E-state index is 0.0926. The first-order chi connectivity index (χ1) is 15.0. The molecule has 0 aliphatic carbocycles. The van der Waals surface area contributed by atoms with Crippen molar-refractivity contribution in [2.75, 3.05) is 13.7 Å². The number of methoxy groups -OCH3 is 1. The van der Waals surface area contributed by atoms with Gasteiger partial charge in [-0.2, -0.15) is 0 Å². The first-order valence-corrected chi connectivity index (χ1v) is 10.1. The number of fused-ring (bicyclic) bond motifs is 3. The van der Waals surface area contributed by atoms with Crippen molar-refractivity contribution in [3.05, 3.63) is 77.9 Å². The maximum absolute atomic E-state index is 13.9. The van der Waals surface area contributed by atoms with Gasteiger partial charge in [0, 0.05) is 28.2 Å². The Morgan fingerprint density at radius 1 is 0.968 bits per heavy atom. The number of carbonyl (C=O) groups excluding carboxylic acids is 1. The lowest BCUT2D eigenvalue weighted by molar-refractivity contribution is -0.150. The number of rotatable bonds is 7. The molecule has 31 heavy (non-hydrogen) atoms. The lowest BCUT2D eigenvalue weighted by Gasteiger charge is -2.32. The number of nitrogens with one attached hydrogen (secondary N) is 1. The van der Waals surface area contributed by atoms with Gasteiger partial charge in [0.25, 0.3) is 0 Å². The van der Waals surface area contributed by atoms with Crippen molar-refractivity contribution in [3.8, 4) is 5.75 Å². The summed E-state index contributed by atoms with van der Waals surface area (Å²) in [4.78, 5) is 16.6. The first kappa shape index (κ1) is 20.8. The topological polar surface area (TPSA) is 51.3 Å². The number of esters is 1. The maximum atomic E-state index is 13.9. The lowest BCUT2D eigenvalue weighted by Crippen LogP contribution is -2.40. The van der Waals surface area contributed by atoms with Gasteiger partial charge < -0.3 is 14.5 Å². The van der Waals surface area contributed by atoms with E-state index in [2.05, 4.69) is 4.98 Å². The van der Waals surface area contributed by atoms with E-state index in [0.29, 0.717) is 16.9 Å². The van der Waals surface area contributed by atoms with Gasteiger partial charge in [0.05, 0.1) is 13.7 Å². The van der Waals surface area contributed by atoms with Crippen LogP contribution >= 0.6 is 0 Å². The van der Waals surface area contributed by atoms with Gasteiger partial charge in [0.1, 0.15) is 11.2 Å². The number of benzene rings is 3. The van der Waals surface area contributed by atoms with Crippen LogP contribution in [0.5, 0.6) is 5.75 Å². The van der Waals surface area contributed by atoms with E-state index in [0.717, 1.165) is 21.8 Å². The third kappa shape index (κ3) is 3.63. The molecule has 1 aromatic heterocycles. The fourth-order valence-corrected chi connectivity index (χ4v) is 4.20. The monoisotopic (exact) mass is 423 g/mol. The molecule has 3 aromatic carbocycles. The van der Waals surface area contributed by atoms with Gasteiger partial charge in [0.2, 0.25) is 6.43 Å². The van der Waals surface area contributed by atoms with E-state index in [4.69, 9.17) is 9.47 Å². The highest BCUT2D eigenvalue weighted by Crippen LogP contribution is 2.41. The molecule has 0 bridgehead atoms. The van der Waals surface area contributed by atoms with Crippen LogP contribution in [0.25, 0.3) is 21.8 Å². The minimum atomic E-state index is -2.72. The molecule has 4 aromatic rings. The van der Waals surface area contributed by atoms with Crippen LogP contribution in [0, 0.1) is 0 Å². The average molecular weight is 423 g/mol. The van der Waals surface area contributed by atoms with E-state index in [9.17, 15) is 13.6 Å². The van der Waals surface area contributed by atoms with E-state index < -0.39 is 24.2 Å². The summed E-state index contributed by atoms with van der Waals surface area (Å²) >= 11 is 0. The molecule has 0 aliphatic heterocycles. The molecule has 4 nitrogen and oxygen atoms in total. The number of alkyl halides is 2. The summed E-state index contributed by atoms with van der Waals surface area (Å²) in [5.41, 5.74) is 1.06. The summed E-state index contributed by atoms with van der Waals surface area (Å²) in [5, 5.41) is 1.83. The molecule has 1 N–H and O–H groups in total. The Kier molecular flexibility index (Phi) is 5.63. The second-order valence-corrected chi connectivity index (χ2v) is 7.38. The molecule has 1 heterocycles. The van der Waals surface area contributed by atoms with Gasteiger partial charge in [-0.05, 0) is 48.4 Å². The smallest absolute Gasteiger partial charge is 0.321 e. The third-order valence-corrected chi connectivity index (χ3v) is 5.67. The second kappa shape index (κ2) is 8.38. The average Bonchev–Trinajstić information content (AvgIpc) is 3.15. The van der Waals surface area contributed by atoms with Crippen molar-refractivity contribution < 1.29 is 23.0 Å². The number of hydrogen-bond acceptors (Lipinski definition) is 3. The third-order valence-electron chi connectivity index (χ3n) is 5.67. The van der Waals surface area contributed by atoms with Crippen molar-refractivity contribution in [1.82, 2.24) is 4.98 Å². The molecule has 4 rings (SSSR count). The summed E-state index contributed by atoms with van der Waals surface area (Å²) in [6.45, 7) is 1.76. The SMILES string of the molecule is CCOC(=O)C(CC(F)F)(c1ccc(OC)cc1)c1ccc2[nH]c3ccccc3c2c1. The van der Waals surface area contributed by atoms with E-state index in [-0.39, 0.29) is 6.61 Å². The summed E-state index contributed by atoms with van der Waals surface area (Å²) < 4.78 is 38.4. The maximum Gasteiger partial charge on any atom is 0.321 e. The van der Waals surface area contributed by atoms with Crippen LogP contribution in [0.2, 0.25) is 0 Å². The van der Waals surface area contributed by atoms with E-state index in [1.54, 1.807) is 37.3 Å². The fraction of sp³-hybridized carbons (Fsp3) is 0.240. The van der Waals surface area contributed by atoms with Crippen molar-refractivity contribution in [2.24, 2.45) is 0 Å². The van der Waals surface area contributed by atoms with Crippen LogP contribution in [0.4, 0.5) is 8.78 Å². The molecule has 0 spiro atoms. The molecule has 0 amide bonds. The normalized spacial score (nSPS) is 13.5. The zero-order valence-electron chi connectivity index (χ0n) is 17.3. The number of halogens is 2. The molecular formula is C25H23F2NO3. The highest BCUT2D eigenvalue weighted by atomic mass is 19.3. The minimum Gasteiger partial charge on any atom is -0.497 e. The van der Waals surface area contributed by atoms with E-state index in [1.165, 1.54) is 7.11 Å². The standard InChI is InChI=1S/C25H23F2NO3/c1-3-31-24(29)25(15-23(26)27,16-8-11-18(30-2)12-9-16)17-10-13-22-20(14-17)19-6-4-5-7-21(19)28-22/h4-14,23,28H,3,15H2,1-2H3. The quantitative estimate of drug-likeness (QED) is 0.380. The Balaban J connectivity index is 1.99. The van der Waals surface area contributed by atoms with Gasteiger partial charge in [-0.25, -0.2) is 8.78 Å². The number of aromatic amines is 1. The number of carbonyl (C=O) groups is 1. The fourth-order valence-electron chi connectivity index (χ4n) is 4.20. The highest BCUT2D eigenvalue weighted by Gasteiger charge is 2.46. The van der Waals surface area contributed by atoms with Crippen LogP contribution in [-0.4, -0.2) is 31.1 Å². The van der Waals surface area contributed by atoms with Gasteiger partial charge in [-0.15, -0.1) is 0 Å². The molecule has 1 unspecified atom stereocenters. The van der Waals surface area contributed by atoms with Crippen molar-refractivity contribution >= 4 is 27.8 Å². The Morgan fingerprint density at radius 2 is 1.65 bits per heavy atom. The highest BCUT2D eigenvalue weighted by molar-refractivity contribution is 6.08. The van der Waals surface area contributed by atoms with E-state index in [1.807, 2.05) is 36.4 Å². The van der Waals surface area contributed by atoms with Gasteiger partial charge in [-0.3, -0.25) is 4.79 Å². The number of para-hydroxylation sites is 1. The summed E-state index contributed by atoms with van der Waals surface area (Å²) in [6.07, 6.45) is -3.41. The Bertz CT molecular complexity index is 1220. The second-order valence-electron chi connectivity index (χ2n) is 7.38. The number of H-pyrrole nitrogens is 1. The van der Waals surface area contributed by atoms with Crippen LogP contribution < -0.4 is 4.74 Å². The summed E-state index contributed by atoms with van der Waals surface area (Å²) in [6, 6.07) is 19.8. The predicted molar refractivity (Wildman–Crippen MR) is 117 cm³/mol. The molecule has 0 fully saturated rings.